The Morgan fingerprint density at radius 2 is 2.08 bits per heavy atom. The van der Waals surface area contributed by atoms with Crippen LogP contribution < -0.4 is 10.2 Å². The molecule has 1 aliphatic heterocycles. The van der Waals surface area contributed by atoms with Crippen LogP contribution in [-0.2, 0) is 0 Å². The van der Waals surface area contributed by atoms with Crippen molar-refractivity contribution in [2.45, 2.75) is 19.8 Å². The topological polar surface area (TPSA) is 48.5 Å². The maximum Gasteiger partial charge on any atom is 0.270 e. The molecule has 0 spiro atoms. The van der Waals surface area contributed by atoms with Gasteiger partial charge in [-0.3, -0.25) is 9.69 Å². The molecule has 2 heterocycles. The summed E-state index contributed by atoms with van der Waals surface area (Å²) in [5.74, 6) is -0.0620. The molecule has 1 aliphatic rings. The van der Waals surface area contributed by atoms with Crippen molar-refractivity contribution in [1.82, 2.24) is 15.2 Å². The van der Waals surface area contributed by atoms with E-state index in [1.807, 2.05) is 0 Å². The molecule has 0 atom stereocenters. The smallest absolute Gasteiger partial charge is 0.270 e. The van der Waals surface area contributed by atoms with Crippen molar-refractivity contribution >= 4 is 22.9 Å². The summed E-state index contributed by atoms with van der Waals surface area (Å²) in [5, 5.41) is 4.72. The van der Waals surface area contributed by atoms with E-state index >= 15 is 0 Å². The van der Waals surface area contributed by atoms with Gasteiger partial charge in [0.2, 0.25) is 0 Å². The van der Waals surface area contributed by atoms with Gasteiger partial charge >= 0.3 is 0 Å². The molecule has 2 aromatic rings. The van der Waals surface area contributed by atoms with E-state index in [9.17, 15) is 4.79 Å². The number of piperazine rings is 1. The Balaban J connectivity index is 1.30. The van der Waals surface area contributed by atoms with Crippen LogP contribution in [0.15, 0.2) is 35.2 Å². The number of anilines is 1. The van der Waals surface area contributed by atoms with E-state index in [1.54, 1.807) is 10.9 Å². The average molecular weight is 359 g/mol. The van der Waals surface area contributed by atoms with Crippen LogP contribution in [0.4, 0.5) is 5.69 Å². The van der Waals surface area contributed by atoms with Crippen LogP contribution in [0.25, 0.3) is 0 Å². The lowest BCUT2D eigenvalue weighted by Crippen LogP contribution is -2.46. The molecule has 1 amide bonds. The van der Waals surface area contributed by atoms with Gasteiger partial charge in [0.25, 0.3) is 5.91 Å². The molecule has 0 bridgehead atoms. The molecule has 1 fully saturated rings. The van der Waals surface area contributed by atoms with Gasteiger partial charge in [0, 0.05) is 43.8 Å². The van der Waals surface area contributed by atoms with Crippen molar-refractivity contribution in [2.75, 3.05) is 44.2 Å². The molecule has 134 valence electrons. The van der Waals surface area contributed by atoms with Gasteiger partial charge in [-0.2, -0.15) is 0 Å². The van der Waals surface area contributed by atoms with Gasteiger partial charge in [0.1, 0.15) is 5.69 Å². The zero-order chi connectivity index (χ0) is 17.5. The maximum atomic E-state index is 11.8. The zero-order valence-corrected chi connectivity index (χ0v) is 15.6. The predicted octanol–water partition coefficient (Wildman–Crippen LogP) is 2.78. The fourth-order valence-corrected chi connectivity index (χ4v) is 3.66. The van der Waals surface area contributed by atoms with E-state index < -0.39 is 0 Å². The van der Waals surface area contributed by atoms with Crippen LogP contribution in [0, 0.1) is 6.92 Å². The lowest BCUT2D eigenvalue weighted by Gasteiger charge is -2.36. The van der Waals surface area contributed by atoms with Crippen LogP contribution in [0.1, 0.15) is 28.9 Å². The van der Waals surface area contributed by atoms with E-state index in [4.69, 9.17) is 0 Å². The summed E-state index contributed by atoms with van der Waals surface area (Å²) >= 11 is 1.45. The fraction of sp³-hybridized carbons (Fsp3) is 0.474. The van der Waals surface area contributed by atoms with Crippen molar-refractivity contribution in [3.05, 3.63) is 46.4 Å². The van der Waals surface area contributed by atoms with E-state index in [-0.39, 0.29) is 5.91 Å². The molecule has 1 aromatic carbocycles. The normalized spacial score (nSPS) is 15.3. The van der Waals surface area contributed by atoms with E-state index in [0.29, 0.717) is 5.69 Å². The number of thiazole rings is 1. The van der Waals surface area contributed by atoms with Crippen molar-refractivity contribution in [2.24, 2.45) is 0 Å². The molecule has 0 saturated carbocycles. The first-order chi connectivity index (χ1) is 12.2. The van der Waals surface area contributed by atoms with Gasteiger partial charge in [-0.25, -0.2) is 4.98 Å². The fourth-order valence-electron chi connectivity index (χ4n) is 3.13. The first-order valence-electron chi connectivity index (χ1n) is 8.93. The van der Waals surface area contributed by atoms with Crippen molar-refractivity contribution in [3.63, 3.8) is 0 Å². The Bertz CT molecular complexity index is 666. The largest absolute Gasteiger partial charge is 0.369 e. The molecular formula is C19H26N4OS. The number of hydrogen-bond acceptors (Lipinski definition) is 5. The highest BCUT2D eigenvalue weighted by atomic mass is 32.1. The minimum atomic E-state index is -0.0620. The van der Waals surface area contributed by atoms with Gasteiger partial charge in [-0.05, 0) is 44.0 Å². The number of hydrogen-bond donors (Lipinski definition) is 1. The zero-order valence-electron chi connectivity index (χ0n) is 14.8. The number of amides is 1. The second kappa shape index (κ2) is 8.97. The number of carbonyl (C=O) groups excluding carboxylic acids is 1. The summed E-state index contributed by atoms with van der Waals surface area (Å²) in [6, 6.07) is 8.75. The van der Waals surface area contributed by atoms with Gasteiger partial charge in [0.05, 0.1) is 5.51 Å². The Labute approximate surface area is 153 Å². The summed E-state index contributed by atoms with van der Waals surface area (Å²) in [5.41, 5.74) is 4.87. The molecule has 25 heavy (non-hydrogen) atoms. The molecule has 6 heteroatoms. The van der Waals surface area contributed by atoms with Crippen LogP contribution in [0.2, 0.25) is 0 Å². The predicted molar refractivity (Wildman–Crippen MR) is 104 cm³/mol. The highest BCUT2D eigenvalue weighted by Gasteiger charge is 2.16. The number of aryl methyl sites for hydroxylation is 1. The van der Waals surface area contributed by atoms with E-state index in [1.165, 1.54) is 22.6 Å². The summed E-state index contributed by atoms with van der Waals surface area (Å²) in [7, 11) is 0. The molecule has 3 rings (SSSR count). The Hall–Kier alpha value is -1.92. The minimum absolute atomic E-state index is 0.0620. The van der Waals surface area contributed by atoms with Crippen molar-refractivity contribution < 1.29 is 4.79 Å². The first kappa shape index (κ1) is 17.9. The third-order valence-electron chi connectivity index (χ3n) is 4.59. The van der Waals surface area contributed by atoms with Crippen molar-refractivity contribution in [3.8, 4) is 0 Å². The summed E-state index contributed by atoms with van der Waals surface area (Å²) in [6.07, 6.45) is 2.12. The van der Waals surface area contributed by atoms with Gasteiger partial charge < -0.3 is 10.2 Å². The SMILES string of the molecule is Cc1cccc(N2CCN(CCCCNC(=O)c3cscn3)CC2)c1. The second-order valence-electron chi connectivity index (χ2n) is 6.50. The summed E-state index contributed by atoms with van der Waals surface area (Å²) < 4.78 is 0. The molecule has 5 nitrogen and oxygen atoms in total. The van der Waals surface area contributed by atoms with Gasteiger partial charge in [-0.1, -0.05) is 12.1 Å². The second-order valence-corrected chi connectivity index (χ2v) is 7.22. The standard InChI is InChI=1S/C19H26N4OS/c1-16-5-4-6-17(13-16)23-11-9-22(10-12-23)8-3-2-7-20-19(24)18-14-25-15-21-18/h4-6,13-15H,2-3,7-12H2,1H3,(H,20,24). The molecule has 1 N–H and O–H groups in total. The third-order valence-corrected chi connectivity index (χ3v) is 5.18. The third kappa shape index (κ3) is 5.28. The first-order valence-corrected chi connectivity index (χ1v) is 9.87. The Kier molecular flexibility index (Phi) is 6.42. The lowest BCUT2D eigenvalue weighted by molar-refractivity contribution is 0.0948. The maximum absolute atomic E-state index is 11.8. The summed E-state index contributed by atoms with van der Waals surface area (Å²) in [6.45, 7) is 8.37. The summed E-state index contributed by atoms with van der Waals surface area (Å²) in [4.78, 5) is 20.8. The monoisotopic (exact) mass is 358 g/mol. The van der Waals surface area contributed by atoms with Gasteiger partial charge in [-0.15, -0.1) is 11.3 Å². The number of unbranched alkanes of at least 4 members (excludes halogenated alkanes) is 1. The van der Waals surface area contributed by atoms with Crippen LogP contribution >= 0.6 is 11.3 Å². The molecule has 0 aliphatic carbocycles. The lowest BCUT2D eigenvalue weighted by atomic mass is 10.2. The number of nitrogens with one attached hydrogen (secondary N) is 1. The van der Waals surface area contributed by atoms with Gasteiger partial charge in [0.15, 0.2) is 0 Å². The average Bonchev–Trinajstić information content (AvgIpc) is 3.17. The number of nitrogens with zero attached hydrogens (tertiary/aromatic N) is 3. The molecular weight excluding hydrogens is 332 g/mol. The molecule has 0 unspecified atom stereocenters. The van der Waals surface area contributed by atoms with E-state index in [0.717, 1.165) is 52.1 Å². The highest BCUT2D eigenvalue weighted by molar-refractivity contribution is 7.07. The molecule has 0 radical (unpaired) electrons. The number of aromatic nitrogens is 1. The molecule has 1 aromatic heterocycles. The Morgan fingerprint density at radius 1 is 1.24 bits per heavy atom. The van der Waals surface area contributed by atoms with Crippen LogP contribution in [0.3, 0.4) is 0 Å². The van der Waals surface area contributed by atoms with Crippen LogP contribution in [0.5, 0.6) is 0 Å². The minimum Gasteiger partial charge on any atom is -0.369 e. The number of carbonyl (C=O) groups is 1. The van der Waals surface area contributed by atoms with Crippen LogP contribution in [-0.4, -0.2) is 55.1 Å². The Morgan fingerprint density at radius 3 is 2.80 bits per heavy atom. The highest BCUT2D eigenvalue weighted by Crippen LogP contribution is 2.17. The molecule has 1 saturated heterocycles. The van der Waals surface area contributed by atoms with Crippen molar-refractivity contribution in [1.29, 1.82) is 0 Å². The quantitative estimate of drug-likeness (QED) is 0.773. The number of benzene rings is 1. The number of rotatable bonds is 7. The van der Waals surface area contributed by atoms with E-state index in [2.05, 4.69) is 51.3 Å².